The van der Waals surface area contributed by atoms with E-state index in [0.717, 1.165) is 29.9 Å². The normalized spacial score (nSPS) is 30.7. The Kier molecular flexibility index (Phi) is 2.81. The Hall–Kier alpha value is -1.84. The minimum Gasteiger partial charge on any atom is -0.479 e. The Balaban J connectivity index is 1.60. The van der Waals surface area contributed by atoms with Gasteiger partial charge < -0.3 is 10.0 Å². The van der Waals surface area contributed by atoms with Gasteiger partial charge in [-0.05, 0) is 48.6 Å². The lowest BCUT2D eigenvalue weighted by molar-refractivity contribution is -0.152. The van der Waals surface area contributed by atoms with Crippen LogP contribution < -0.4 is 0 Å². The molecule has 4 nitrogen and oxygen atoms in total. The monoisotopic (exact) mass is 285 g/mol. The third kappa shape index (κ3) is 2.13. The van der Waals surface area contributed by atoms with Gasteiger partial charge in [0.1, 0.15) is 0 Å². The molecule has 1 heterocycles. The first-order chi connectivity index (χ1) is 10.2. The Bertz CT molecular complexity index is 608. The van der Waals surface area contributed by atoms with Crippen LogP contribution in [0.3, 0.4) is 0 Å². The fourth-order valence-electron chi connectivity index (χ4n) is 3.83. The largest absolute Gasteiger partial charge is 0.479 e. The summed E-state index contributed by atoms with van der Waals surface area (Å²) < 4.78 is 0. The molecule has 1 amide bonds. The van der Waals surface area contributed by atoms with Crippen LogP contribution in [0, 0.1) is 17.8 Å². The molecule has 0 spiro atoms. The van der Waals surface area contributed by atoms with Gasteiger partial charge in [0.15, 0.2) is 6.04 Å². The van der Waals surface area contributed by atoms with Crippen LogP contribution in [0.5, 0.6) is 0 Å². The van der Waals surface area contributed by atoms with Crippen molar-refractivity contribution in [2.24, 2.45) is 17.8 Å². The molecule has 0 aromatic heterocycles. The van der Waals surface area contributed by atoms with Crippen LogP contribution in [-0.4, -0.2) is 28.4 Å². The van der Waals surface area contributed by atoms with Gasteiger partial charge in [-0.3, -0.25) is 4.79 Å². The topological polar surface area (TPSA) is 57.6 Å². The van der Waals surface area contributed by atoms with Crippen LogP contribution in [0.15, 0.2) is 24.3 Å². The van der Waals surface area contributed by atoms with Gasteiger partial charge in [-0.2, -0.15) is 0 Å². The smallest absolute Gasteiger partial charge is 0.331 e. The summed E-state index contributed by atoms with van der Waals surface area (Å²) in [7, 11) is 0. The first-order valence-electron chi connectivity index (χ1n) is 7.78. The summed E-state index contributed by atoms with van der Waals surface area (Å²) >= 11 is 0. The zero-order valence-electron chi connectivity index (χ0n) is 11.9. The van der Waals surface area contributed by atoms with E-state index in [-0.39, 0.29) is 11.8 Å². The van der Waals surface area contributed by atoms with Crippen molar-refractivity contribution in [1.82, 2.24) is 4.90 Å². The van der Waals surface area contributed by atoms with E-state index in [1.807, 2.05) is 24.3 Å². The Morgan fingerprint density at radius 1 is 1.19 bits per heavy atom. The molecule has 2 aliphatic carbocycles. The maximum Gasteiger partial charge on any atom is 0.331 e. The van der Waals surface area contributed by atoms with Crippen LogP contribution in [0.4, 0.5) is 0 Å². The molecule has 1 aromatic rings. The summed E-state index contributed by atoms with van der Waals surface area (Å²) in [6.45, 7) is 0.528. The average molecular weight is 285 g/mol. The molecule has 2 saturated carbocycles. The molecule has 3 aliphatic rings. The molecule has 1 N–H and O–H groups in total. The summed E-state index contributed by atoms with van der Waals surface area (Å²) in [4.78, 5) is 26.0. The van der Waals surface area contributed by atoms with E-state index in [1.165, 1.54) is 12.8 Å². The van der Waals surface area contributed by atoms with Gasteiger partial charge in [0.05, 0.1) is 0 Å². The van der Waals surface area contributed by atoms with E-state index in [1.54, 1.807) is 4.90 Å². The van der Waals surface area contributed by atoms with Crippen LogP contribution in [0.25, 0.3) is 0 Å². The molecule has 1 aromatic carbocycles. The standard InChI is InChI=1S/C17H19NO3/c19-16(14-9-13(14)11-5-6-11)18-8-7-10-3-1-2-4-12(10)15(18)17(20)21/h1-4,11,13-15H,5-9H2,(H,20,21)/t13-,14-,15+/m1/s1. The molecule has 0 unspecified atom stereocenters. The SMILES string of the molecule is O=C(O)[C@@H]1c2ccccc2CCN1C(=O)[C@@H]1C[C@@H]1C1CC1. The fraction of sp³-hybridized carbons (Fsp3) is 0.529. The number of rotatable bonds is 3. The summed E-state index contributed by atoms with van der Waals surface area (Å²) in [6, 6.07) is 6.80. The van der Waals surface area contributed by atoms with Crippen molar-refractivity contribution in [3.63, 3.8) is 0 Å². The molecular weight excluding hydrogens is 266 g/mol. The van der Waals surface area contributed by atoms with Gasteiger partial charge in [-0.15, -0.1) is 0 Å². The average Bonchev–Trinajstić information content (AvgIpc) is 3.37. The highest BCUT2D eigenvalue weighted by molar-refractivity contribution is 5.88. The molecule has 21 heavy (non-hydrogen) atoms. The number of benzene rings is 1. The minimum atomic E-state index is -0.917. The second-order valence-electron chi connectivity index (χ2n) is 6.56. The van der Waals surface area contributed by atoms with Gasteiger partial charge in [0.2, 0.25) is 5.91 Å². The van der Waals surface area contributed by atoms with Crippen LogP contribution in [0.1, 0.15) is 36.4 Å². The number of carboxylic acids is 1. The summed E-state index contributed by atoms with van der Waals surface area (Å²) in [5.41, 5.74) is 1.84. The summed E-state index contributed by atoms with van der Waals surface area (Å²) in [5.74, 6) is 0.501. The minimum absolute atomic E-state index is 0.0637. The lowest BCUT2D eigenvalue weighted by Crippen LogP contribution is -2.44. The fourth-order valence-corrected chi connectivity index (χ4v) is 3.83. The van der Waals surface area contributed by atoms with E-state index >= 15 is 0 Å². The number of fused-ring (bicyclic) bond motifs is 1. The van der Waals surface area contributed by atoms with Crippen molar-refractivity contribution in [3.8, 4) is 0 Å². The van der Waals surface area contributed by atoms with Crippen molar-refractivity contribution in [1.29, 1.82) is 0 Å². The molecule has 4 heteroatoms. The Labute approximate surface area is 123 Å². The number of hydrogen-bond donors (Lipinski definition) is 1. The highest BCUT2D eigenvalue weighted by Gasteiger charge is 2.53. The van der Waals surface area contributed by atoms with Gasteiger partial charge in [0, 0.05) is 12.5 Å². The number of amides is 1. The van der Waals surface area contributed by atoms with Crippen LogP contribution >= 0.6 is 0 Å². The van der Waals surface area contributed by atoms with E-state index in [2.05, 4.69) is 0 Å². The number of hydrogen-bond acceptors (Lipinski definition) is 2. The highest BCUT2D eigenvalue weighted by Crippen LogP contribution is 2.55. The molecule has 2 fully saturated rings. The Morgan fingerprint density at radius 2 is 1.95 bits per heavy atom. The van der Waals surface area contributed by atoms with Crippen molar-refractivity contribution in [3.05, 3.63) is 35.4 Å². The molecule has 1 aliphatic heterocycles. The summed E-state index contributed by atoms with van der Waals surface area (Å²) in [6.07, 6.45) is 4.22. The number of carbonyl (C=O) groups is 2. The molecular formula is C17H19NO3. The second kappa shape index (κ2) is 4.58. The van der Waals surface area contributed by atoms with Crippen molar-refractivity contribution in [2.75, 3.05) is 6.54 Å². The molecule has 0 saturated heterocycles. The summed E-state index contributed by atoms with van der Waals surface area (Å²) in [5, 5.41) is 9.60. The number of carboxylic acid groups (broad SMARTS) is 1. The maximum atomic E-state index is 12.7. The van der Waals surface area contributed by atoms with Crippen molar-refractivity contribution in [2.45, 2.75) is 31.7 Å². The number of aliphatic carboxylic acids is 1. The van der Waals surface area contributed by atoms with E-state index in [4.69, 9.17) is 0 Å². The second-order valence-corrected chi connectivity index (χ2v) is 6.56. The maximum absolute atomic E-state index is 12.7. The zero-order valence-corrected chi connectivity index (χ0v) is 11.9. The predicted octanol–water partition coefficient (Wildman–Crippen LogP) is 2.24. The zero-order chi connectivity index (χ0) is 14.6. The molecule has 110 valence electrons. The first-order valence-corrected chi connectivity index (χ1v) is 7.78. The van der Waals surface area contributed by atoms with Gasteiger partial charge in [0.25, 0.3) is 0 Å². The molecule has 4 rings (SSSR count). The predicted molar refractivity (Wildman–Crippen MR) is 76.6 cm³/mol. The molecule has 0 radical (unpaired) electrons. The lowest BCUT2D eigenvalue weighted by Gasteiger charge is -2.35. The molecule has 0 bridgehead atoms. The number of carbonyl (C=O) groups excluding carboxylic acids is 1. The van der Waals surface area contributed by atoms with Crippen molar-refractivity contribution < 1.29 is 14.7 Å². The first kappa shape index (κ1) is 12.9. The Morgan fingerprint density at radius 3 is 2.67 bits per heavy atom. The third-order valence-electron chi connectivity index (χ3n) is 5.18. The van der Waals surface area contributed by atoms with Crippen LogP contribution in [0.2, 0.25) is 0 Å². The van der Waals surface area contributed by atoms with Gasteiger partial charge >= 0.3 is 5.97 Å². The molecule has 3 atom stereocenters. The van der Waals surface area contributed by atoms with E-state index in [0.29, 0.717) is 12.5 Å². The van der Waals surface area contributed by atoms with Gasteiger partial charge in [-0.1, -0.05) is 24.3 Å². The van der Waals surface area contributed by atoms with Gasteiger partial charge in [-0.25, -0.2) is 4.79 Å². The highest BCUT2D eigenvalue weighted by atomic mass is 16.4. The quantitative estimate of drug-likeness (QED) is 0.926. The van der Waals surface area contributed by atoms with Crippen LogP contribution in [-0.2, 0) is 16.0 Å². The van der Waals surface area contributed by atoms with Crippen molar-refractivity contribution >= 4 is 11.9 Å². The third-order valence-corrected chi connectivity index (χ3v) is 5.18. The van der Waals surface area contributed by atoms with E-state index < -0.39 is 12.0 Å². The number of nitrogens with zero attached hydrogens (tertiary/aromatic N) is 1. The lowest BCUT2D eigenvalue weighted by atomic mass is 9.92. The van der Waals surface area contributed by atoms with E-state index in [9.17, 15) is 14.7 Å².